The van der Waals surface area contributed by atoms with Crippen molar-refractivity contribution < 1.29 is 9.53 Å². The summed E-state index contributed by atoms with van der Waals surface area (Å²) in [4.78, 5) is 18.7. The van der Waals surface area contributed by atoms with Gasteiger partial charge in [0.25, 0.3) is 0 Å². The molecule has 0 saturated carbocycles. The predicted octanol–water partition coefficient (Wildman–Crippen LogP) is 24.1. The van der Waals surface area contributed by atoms with E-state index in [2.05, 4.69) is 121 Å². The Bertz CT molecular complexity index is 1160. The summed E-state index contributed by atoms with van der Waals surface area (Å²) in [5.74, 6) is 11.7. The van der Waals surface area contributed by atoms with Gasteiger partial charge in [0.2, 0.25) is 0 Å². The molecule has 1 rings (SSSR count). The third-order valence-electron chi connectivity index (χ3n) is 18.8. The highest BCUT2D eigenvalue weighted by atomic mass is 16.6. The summed E-state index contributed by atoms with van der Waals surface area (Å²) in [6.07, 6.45) is 47.0. The predicted molar refractivity (Wildman–Crippen MR) is 350 cm³/mol. The number of hydrogen-bond donors (Lipinski definition) is 0. The third kappa shape index (κ3) is 43.0. The van der Waals surface area contributed by atoms with Crippen LogP contribution in [0.4, 0.5) is 4.79 Å². The van der Waals surface area contributed by atoms with Crippen LogP contribution in [-0.2, 0) is 4.74 Å². The quantitative estimate of drug-likeness (QED) is 0.0609. The zero-order valence-corrected chi connectivity index (χ0v) is 57.2. The molecule has 1 amide bonds. The van der Waals surface area contributed by atoms with Crippen molar-refractivity contribution in [3.8, 4) is 0 Å². The first kappa shape index (κ1) is 75.2. The number of carbonyl (C=O) groups excluding carboxylic acids is 1. The lowest BCUT2D eigenvalue weighted by atomic mass is 9.83. The minimum atomic E-state index is -0.467. The second kappa shape index (κ2) is 44.7. The fourth-order valence-corrected chi connectivity index (χ4v) is 13.3. The van der Waals surface area contributed by atoms with Gasteiger partial charge in [0.1, 0.15) is 5.60 Å². The van der Waals surface area contributed by atoms with Gasteiger partial charge in [-0.2, -0.15) is 0 Å². The van der Waals surface area contributed by atoms with Gasteiger partial charge < -0.3 is 14.5 Å². The first-order valence-electron chi connectivity index (χ1n) is 35.5. The van der Waals surface area contributed by atoms with E-state index in [-0.39, 0.29) is 12.1 Å². The molecule has 4 nitrogen and oxygen atoms in total. The van der Waals surface area contributed by atoms with Crippen molar-refractivity contribution in [2.24, 2.45) is 82.9 Å². The zero-order valence-electron chi connectivity index (χ0n) is 57.2. The molecular weight excluding hydrogens is 949 g/mol. The second-order valence-electron chi connectivity index (χ2n) is 31.7. The van der Waals surface area contributed by atoms with E-state index in [0.29, 0.717) is 0 Å². The van der Waals surface area contributed by atoms with Crippen LogP contribution in [0.15, 0.2) is 0 Å². The Hall–Kier alpha value is -0.770. The Morgan fingerprint density at radius 3 is 0.833 bits per heavy atom. The smallest absolute Gasteiger partial charge is 0.410 e. The number of amides is 1. The van der Waals surface area contributed by atoms with Crippen molar-refractivity contribution in [3.63, 3.8) is 0 Å². The van der Waals surface area contributed by atoms with Crippen LogP contribution in [0.5, 0.6) is 0 Å². The number of carbonyl (C=O) groups is 1. The third-order valence-corrected chi connectivity index (χ3v) is 18.8. The van der Waals surface area contributed by atoms with E-state index in [1.807, 2.05) is 20.8 Å². The van der Waals surface area contributed by atoms with Crippen molar-refractivity contribution in [2.75, 3.05) is 26.2 Å². The largest absolute Gasteiger partial charge is 0.444 e. The SMILES string of the molecule is CC(C)CCC(CCCC(CCCC(CCC(C)C)CCC(C)C)CCCN(CCCC(CCCC(CCC(C)C)CCC(C)C)CCCC(CCC(C)C)CCC(C)C)C[C@@H]1CCCN1C(=O)OC(C)(C)C)CCC(C)C. The molecule has 0 radical (unpaired) electrons. The van der Waals surface area contributed by atoms with Crippen LogP contribution in [0.2, 0.25) is 0 Å². The molecule has 4 heteroatoms. The van der Waals surface area contributed by atoms with Crippen molar-refractivity contribution in [1.82, 2.24) is 9.80 Å². The molecule has 0 aromatic heterocycles. The first-order valence-corrected chi connectivity index (χ1v) is 35.5. The highest BCUT2D eigenvalue weighted by Gasteiger charge is 2.33. The minimum Gasteiger partial charge on any atom is -0.444 e. The van der Waals surface area contributed by atoms with E-state index in [4.69, 9.17) is 4.74 Å². The molecule has 1 heterocycles. The lowest BCUT2D eigenvalue weighted by molar-refractivity contribution is 0.0194. The minimum absolute atomic E-state index is 0.0922. The fraction of sp³-hybridized carbons (Fsp3) is 0.986. The Morgan fingerprint density at radius 1 is 0.372 bits per heavy atom. The van der Waals surface area contributed by atoms with Crippen LogP contribution in [0.25, 0.3) is 0 Å². The molecule has 0 unspecified atom stereocenters. The summed E-state index contributed by atoms with van der Waals surface area (Å²) < 4.78 is 6.06. The summed E-state index contributed by atoms with van der Waals surface area (Å²) in [5.41, 5.74) is -0.467. The van der Waals surface area contributed by atoms with Crippen molar-refractivity contribution in [2.45, 2.75) is 362 Å². The number of rotatable bonds is 50. The van der Waals surface area contributed by atoms with Crippen molar-refractivity contribution in [1.29, 1.82) is 0 Å². The van der Waals surface area contributed by atoms with Gasteiger partial charge in [0.05, 0.1) is 0 Å². The Balaban J connectivity index is 3.43. The average Bonchev–Trinajstić information content (AvgIpc) is 3.81. The van der Waals surface area contributed by atoms with Crippen LogP contribution < -0.4 is 0 Å². The molecule has 0 N–H and O–H groups in total. The molecule has 466 valence electrons. The average molecular weight is 1100 g/mol. The summed E-state index contributed by atoms with van der Waals surface area (Å²) in [5, 5.41) is 0. The standard InChI is InChI=1S/C74H148N2O2/c1-58(2)38-46-68(47-39-59(3)4)31-20-27-66(28-21-32-69(48-40-60(5)6)49-41-61(7)8)35-24-54-75(57-72-37-26-56-76(72)73(77)78-74(17,18)19)55-25-36-67(29-22-33-70(50-42-62(9)10)51-43-63(11)12)30-23-34-71(52-44-64(13)14)53-45-65(15)16/h58-72H,20-57H2,1-19H3/t72-/m0/s1. The molecule has 78 heavy (non-hydrogen) atoms. The molecule has 0 aromatic carbocycles. The molecular formula is C74H148N2O2. The highest BCUT2D eigenvalue weighted by Crippen LogP contribution is 2.34. The fourth-order valence-electron chi connectivity index (χ4n) is 13.3. The topological polar surface area (TPSA) is 32.8 Å². The first-order chi connectivity index (χ1) is 36.8. The van der Waals surface area contributed by atoms with E-state index in [9.17, 15) is 4.79 Å². The molecule has 1 saturated heterocycles. The molecule has 1 atom stereocenters. The van der Waals surface area contributed by atoms with Crippen LogP contribution in [0.1, 0.15) is 350 Å². The van der Waals surface area contributed by atoms with Crippen LogP contribution >= 0.6 is 0 Å². The van der Waals surface area contributed by atoms with Gasteiger partial charge >= 0.3 is 6.09 Å². The van der Waals surface area contributed by atoms with Crippen molar-refractivity contribution >= 4 is 6.09 Å². The normalized spacial score (nSPS) is 15.1. The number of hydrogen-bond acceptors (Lipinski definition) is 3. The maximum absolute atomic E-state index is 13.7. The van der Waals surface area contributed by atoms with Crippen molar-refractivity contribution in [3.05, 3.63) is 0 Å². The number of nitrogens with zero attached hydrogens (tertiary/aromatic N) is 2. The molecule has 0 aliphatic carbocycles. The lowest BCUT2D eigenvalue weighted by Crippen LogP contribution is -2.45. The number of likely N-dealkylation sites (tertiary alicyclic amines) is 1. The summed E-state index contributed by atoms with van der Waals surface area (Å²) >= 11 is 0. The molecule has 0 spiro atoms. The zero-order chi connectivity index (χ0) is 58.5. The van der Waals surface area contributed by atoms with Crippen LogP contribution in [0, 0.1) is 82.9 Å². The van der Waals surface area contributed by atoms with Gasteiger partial charge in [-0.15, -0.1) is 0 Å². The van der Waals surface area contributed by atoms with Gasteiger partial charge in [-0.05, 0) is 155 Å². The van der Waals surface area contributed by atoms with E-state index in [1.54, 1.807) is 0 Å². The van der Waals surface area contributed by atoms with E-state index in [1.165, 1.54) is 219 Å². The number of ether oxygens (including phenoxy) is 1. The van der Waals surface area contributed by atoms with Crippen LogP contribution in [-0.4, -0.2) is 53.7 Å². The van der Waals surface area contributed by atoms with Gasteiger partial charge in [0, 0.05) is 19.1 Å². The maximum Gasteiger partial charge on any atom is 0.410 e. The molecule has 0 aromatic rings. The van der Waals surface area contributed by atoms with E-state index in [0.717, 1.165) is 109 Å². The summed E-state index contributed by atoms with van der Waals surface area (Å²) in [6, 6.07) is 0.260. The highest BCUT2D eigenvalue weighted by molar-refractivity contribution is 5.69. The molecule has 1 aliphatic heterocycles. The monoisotopic (exact) mass is 1100 g/mol. The van der Waals surface area contributed by atoms with Crippen LogP contribution in [0.3, 0.4) is 0 Å². The molecule has 1 aliphatic rings. The van der Waals surface area contributed by atoms with Gasteiger partial charge in [0.15, 0.2) is 0 Å². The van der Waals surface area contributed by atoms with E-state index >= 15 is 0 Å². The lowest BCUT2D eigenvalue weighted by Gasteiger charge is -2.33. The summed E-state index contributed by atoms with van der Waals surface area (Å²) in [6.45, 7) is 49.1. The molecule has 1 fully saturated rings. The van der Waals surface area contributed by atoms with Gasteiger partial charge in [-0.1, -0.05) is 291 Å². The second-order valence-corrected chi connectivity index (χ2v) is 31.7. The Labute approximate surface area is 493 Å². The molecule has 0 bridgehead atoms. The van der Waals surface area contributed by atoms with Gasteiger partial charge in [-0.3, -0.25) is 0 Å². The van der Waals surface area contributed by atoms with E-state index < -0.39 is 5.60 Å². The Kier molecular flexibility index (Phi) is 43.1. The van der Waals surface area contributed by atoms with Gasteiger partial charge in [-0.25, -0.2) is 4.79 Å². The summed E-state index contributed by atoms with van der Waals surface area (Å²) in [7, 11) is 0. The Morgan fingerprint density at radius 2 is 0.603 bits per heavy atom. The maximum atomic E-state index is 13.7.